The molecule has 0 heterocycles. The molecule has 3 rings (SSSR count). The topological polar surface area (TPSA) is 132 Å². The molecular weight excluding hydrogens is 448 g/mol. The first-order chi connectivity index (χ1) is 16.8. The van der Waals surface area contributed by atoms with Crippen molar-refractivity contribution in [2.75, 3.05) is 12.4 Å². The van der Waals surface area contributed by atoms with Crippen molar-refractivity contribution in [2.24, 2.45) is 10.8 Å². The Bertz CT molecular complexity index is 1270. The first-order valence-corrected chi connectivity index (χ1v) is 10.7. The number of nitrogens with zero attached hydrogens (tertiary/aromatic N) is 1. The Balaban J connectivity index is 1.61. The standard InChI is InChI=1S/C26H26N4O5/c1-16-6-4-5-7-20(16)15-35-22-13-10-19(14-23(22)34-3)17(2)29-30-26(33)25(32)28-21-11-8-18(9-12-21)24(27)31/h4-14H,15H2,1-3H3,(H2,27,31)(H,28,32)(H,30,33). The van der Waals surface area contributed by atoms with Gasteiger partial charge in [0.25, 0.3) is 0 Å². The van der Waals surface area contributed by atoms with Crippen LogP contribution in [-0.4, -0.2) is 30.5 Å². The molecule has 4 N–H and O–H groups in total. The second-order valence-corrected chi connectivity index (χ2v) is 7.61. The summed E-state index contributed by atoms with van der Waals surface area (Å²) in [4.78, 5) is 35.4. The van der Waals surface area contributed by atoms with Crippen LogP contribution in [0.3, 0.4) is 0 Å². The lowest BCUT2D eigenvalue weighted by atomic mass is 10.1. The summed E-state index contributed by atoms with van der Waals surface area (Å²) >= 11 is 0. The number of anilines is 1. The Morgan fingerprint density at radius 2 is 1.60 bits per heavy atom. The predicted molar refractivity (Wildman–Crippen MR) is 132 cm³/mol. The molecule has 9 nitrogen and oxygen atoms in total. The van der Waals surface area contributed by atoms with Crippen molar-refractivity contribution in [2.45, 2.75) is 20.5 Å². The van der Waals surface area contributed by atoms with Crippen molar-refractivity contribution >= 4 is 29.1 Å². The average Bonchev–Trinajstić information content (AvgIpc) is 2.86. The highest BCUT2D eigenvalue weighted by Crippen LogP contribution is 2.29. The zero-order chi connectivity index (χ0) is 25.4. The van der Waals surface area contributed by atoms with Gasteiger partial charge in [-0.15, -0.1) is 0 Å². The summed E-state index contributed by atoms with van der Waals surface area (Å²) in [5, 5.41) is 6.42. The van der Waals surface area contributed by atoms with E-state index in [4.69, 9.17) is 15.2 Å². The zero-order valence-electron chi connectivity index (χ0n) is 19.6. The second kappa shape index (κ2) is 11.5. The smallest absolute Gasteiger partial charge is 0.329 e. The van der Waals surface area contributed by atoms with Gasteiger partial charge in [0.05, 0.1) is 12.8 Å². The van der Waals surface area contributed by atoms with Gasteiger partial charge in [-0.1, -0.05) is 24.3 Å². The number of hydrogen-bond donors (Lipinski definition) is 3. The lowest BCUT2D eigenvalue weighted by molar-refractivity contribution is -0.136. The minimum Gasteiger partial charge on any atom is -0.493 e. The van der Waals surface area contributed by atoms with Crippen LogP contribution < -0.4 is 25.9 Å². The summed E-state index contributed by atoms with van der Waals surface area (Å²) < 4.78 is 11.4. The van der Waals surface area contributed by atoms with Crippen molar-refractivity contribution in [1.29, 1.82) is 0 Å². The number of aryl methyl sites for hydroxylation is 1. The Labute approximate surface area is 202 Å². The number of rotatable bonds is 8. The number of methoxy groups -OCH3 is 1. The molecule has 3 amide bonds. The quantitative estimate of drug-likeness (QED) is 0.262. The Morgan fingerprint density at radius 3 is 2.26 bits per heavy atom. The van der Waals surface area contributed by atoms with Crippen LogP contribution in [0.1, 0.15) is 34.0 Å². The van der Waals surface area contributed by atoms with Gasteiger partial charge in [-0.25, -0.2) is 5.43 Å². The average molecular weight is 475 g/mol. The lowest BCUT2D eigenvalue weighted by Gasteiger charge is -2.13. The number of ether oxygens (including phenoxy) is 2. The lowest BCUT2D eigenvalue weighted by Crippen LogP contribution is -2.33. The highest BCUT2D eigenvalue weighted by molar-refractivity contribution is 6.39. The van der Waals surface area contributed by atoms with Gasteiger partial charge in [0.15, 0.2) is 11.5 Å². The predicted octanol–water partition coefficient (Wildman–Crippen LogP) is 3.16. The molecular formula is C26H26N4O5. The minimum absolute atomic E-state index is 0.287. The third kappa shape index (κ3) is 6.67. The van der Waals surface area contributed by atoms with Gasteiger partial charge in [-0.05, 0) is 67.4 Å². The molecule has 0 aliphatic rings. The fourth-order valence-electron chi connectivity index (χ4n) is 3.10. The highest BCUT2D eigenvalue weighted by Gasteiger charge is 2.14. The molecule has 0 radical (unpaired) electrons. The van der Waals surface area contributed by atoms with E-state index in [9.17, 15) is 14.4 Å². The molecule has 0 bridgehead atoms. The van der Waals surface area contributed by atoms with Crippen LogP contribution in [0.5, 0.6) is 11.5 Å². The molecule has 0 spiro atoms. The van der Waals surface area contributed by atoms with Crippen LogP contribution in [0.4, 0.5) is 5.69 Å². The molecule has 3 aromatic rings. The van der Waals surface area contributed by atoms with Gasteiger partial charge in [-0.2, -0.15) is 5.10 Å². The second-order valence-electron chi connectivity index (χ2n) is 7.61. The Morgan fingerprint density at radius 1 is 0.914 bits per heavy atom. The SMILES string of the molecule is COc1cc(C(C)=NNC(=O)C(=O)Nc2ccc(C(N)=O)cc2)ccc1OCc1ccccc1C. The maximum Gasteiger partial charge on any atom is 0.329 e. The number of nitrogens with one attached hydrogen (secondary N) is 2. The van der Waals surface area contributed by atoms with E-state index >= 15 is 0 Å². The minimum atomic E-state index is -0.950. The van der Waals surface area contributed by atoms with E-state index in [0.717, 1.165) is 11.1 Å². The largest absolute Gasteiger partial charge is 0.493 e. The molecule has 35 heavy (non-hydrogen) atoms. The maximum absolute atomic E-state index is 12.1. The van der Waals surface area contributed by atoms with E-state index in [1.165, 1.54) is 31.4 Å². The molecule has 0 saturated heterocycles. The third-order valence-corrected chi connectivity index (χ3v) is 5.18. The normalized spacial score (nSPS) is 10.9. The zero-order valence-corrected chi connectivity index (χ0v) is 19.6. The summed E-state index contributed by atoms with van der Waals surface area (Å²) in [6.45, 7) is 4.10. The van der Waals surface area contributed by atoms with Crippen molar-refractivity contribution in [1.82, 2.24) is 5.43 Å². The third-order valence-electron chi connectivity index (χ3n) is 5.18. The van der Waals surface area contributed by atoms with E-state index in [2.05, 4.69) is 15.8 Å². The number of benzene rings is 3. The summed E-state index contributed by atoms with van der Waals surface area (Å²) in [5.41, 5.74) is 11.4. The van der Waals surface area contributed by atoms with Crippen LogP contribution in [0, 0.1) is 6.92 Å². The van der Waals surface area contributed by atoms with Crippen LogP contribution in [0.2, 0.25) is 0 Å². The van der Waals surface area contributed by atoms with Crippen LogP contribution in [0.25, 0.3) is 0 Å². The molecule has 3 aromatic carbocycles. The molecule has 0 fully saturated rings. The molecule has 0 atom stereocenters. The van der Waals surface area contributed by atoms with Gasteiger partial charge in [0.1, 0.15) is 6.61 Å². The van der Waals surface area contributed by atoms with Gasteiger partial charge in [-0.3, -0.25) is 14.4 Å². The van der Waals surface area contributed by atoms with Gasteiger partial charge in [0.2, 0.25) is 5.91 Å². The van der Waals surface area contributed by atoms with E-state index in [1.54, 1.807) is 25.1 Å². The van der Waals surface area contributed by atoms with Crippen molar-refractivity contribution < 1.29 is 23.9 Å². The molecule has 180 valence electrons. The van der Waals surface area contributed by atoms with Crippen LogP contribution in [-0.2, 0) is 16.2 Å². The number of primary amides is 1. The number of carbonyl (C=O) groups is 3. The molecule has 0 aliphatic heterocycles. The number of hydrogen-bond acceptors (Lipinski definition) is 6. The van der Waals surface area contributed by atoms with Crippen LogP contribution in [0.15, 0.2) is 71.8 Å². The fraction of sp³-hybridized carbons (Fsp3) is 0.154. The Hall–Kier alpha value is -4.66. The molecule has 0 saturated carbocycles. The highest BCUT2D eigenvalue weighted by atomic mass is 16.5. The van der Waals surface area contributed by atoms with Crippen LogP contribution >= 0.6 is 0 Å². The van der Waals surface area contributed by atoms with Gasteiger partial charge < -0.3 is 20.5 Å². The molecule has 0 unspecified atom stereocenters. The molecule has 0 aromatic heterocycles. The number of nitrogens with two attached hydrogens (primary N) is 1. The van der Waals surface area contributed by atoms with Crippen molar-refractivity contribution in [3.05, 3.63) is 89.0 Å². The van der Waals surface area contributed by atoms with Crippen molar-refractivity contribution in [3.8, 4) is 11.5 Å². The molecule has 0 aliphatic carbocycles. The number of amides is 3. The van der Waals surface area contributed by atoms with E-state index in [-0.39, 0.29) is 5.56 Å². The summed E-state index contributed by atoms with van der Waals surface area (Å²) in [6, 6.07) is 19.1. The van der Waals surface area contributed by atoms with E-state index < -0.39 is 17.7 Å². The summed E-state index contributed by atoms with van der Waals surface area (Å²) in [7, 11) is 1.54. The first kappa shape index (κ1) is 25.0. The summed E-state index contributed by atoms with van der Waals surface area (Å²) in [5.74, 6) is -1.38. The monoisotopic (exact) mass is 474 g/mol. The Kier molecular flexibility index (Phi) is 8.18. The van der Waals surface area contributed by atoms with E-state index in [1.807, 2.05) is 31.2 Å². The van der Waals surface area contributed by atoms with Crippen molar-refractivity contribution in [3.63, 3.8) is 0 Å². The number of carbonyl (C=O) groups excluding carboxylic acids is 3. The fourth-order valence-corrected chi connectivity index (χ4v) is 3.10. The van der Waals surface area contributed by atoms with E-state index in [0.29, 0.717) is 35.1 Å². The summed E-state index contributed by atoms with van der Waals surface area (Å²) in [6.07, 6.45) is 0. The van der Waals surface area contributed by atoms with Gasteiger partial charge in [0, 0.05) is 16.8 Å². The molecule has 9 heteroatoms. The maximum atomic E-state index is 12.1. The van der Waals surface area contributed by atoms with Gasteiger partial charge >= 0.3 is 11.8 Å². The first-order valence-electron chi connectivity index (χ1n) is 10.7. The number of hydrazone groups is 1.